The molecule has 21 heavy (non-hydrogen) atoms. The van der Waals surface area contributed by atoms with Crippen molar-refractivity contribution in [3.05, 3.63) is 29.3 Å². The van der Waals surface area contributed by atoms with Crippen molar-refractivity contribution < 1.29 is 28.2 Å². The van der Waals surface area contributed by atoms with Crippen molar-refractivity contribution in [3.8, 4) is 5.75 Å². The van der Waals surface area contributed by atoms with Crippen LogP contribution >= 0.6 is 0 Å². The van der Waals surface area contributed by atoms with E-state index in [1.54, 1.807) is 18.2 Å². The van der Waals surface area contributed by atoms with E-state index in [0.717, 1.165) is 5.56 Å². The van der Waals surface area contributed by atoms with Gasteiger partial charge < -0.3 is 15.2 Å². The van der Waals surface area contributed by atoms with Crippen molar-refractivity contribution in [1.29, 1.82) is 0 Å². The smallest absolute Gasteiger partial charge is 0.326 e. The molecule has 0 aliphatic carbocycles. The Bertz CT molecular complexity index is 520. The van der Waals surface area contributed by atoms with Gasteiger partial charge in [0.2, 0.25) is 12.3 Å². The van der Waals surface area contributed by atoms with E-state index in [0.29, 0.717) is 11.3 Å². The molecule has 0 aliphatic heterocycles. The second-order valence-electron chi connectivity index (χ2n) is 4.58. The molecule has 0 saturated heterocycles. The number of carboxylic acids is 1. The lowest BCUT2D eigenvalue weighted by Gasteiger charge is -2.15. The van der Waals surface area contributed by atoms with Crippen LogP contribution in [0, 0.1) is 6.92 Å². The highest BCUT2D eigenvalue weighted by molar-refractivity contribution is 5.85. The Morgan fingerprint density at radius 3 is 2.57 bits per heavy atom. The van der Waals surface area contributed by atoms with Gasteiger partial charge >= 0.3 is 5.97 Å². The maximum Gasteiger partial charge on any atom is 0.326 e. The largest absolute Gasteiger partial charge is 0.496 e. The number of aliphatic carboxylic acids is 1. The average molecular weight is 301 g/mol. The summed E-state index contributed by atoms with van der Waals surface area (Å²) in [7, 11) is 1.45. The van der Waals surface area contributed by atoms with Gasteiger partial charge in [0.1, 0.15) is 11.8 Å². The summed E-state index contributed by atoms with van der Waals surface area (Å²) in [4.78, 5) is 22.6. The monoisotopic (exact) mass is 301 g/mol. The van der Waals surface area contributed by atoms with E-state index in [4.69, 9.17) is 9.84 Å². The molecule has 0 saturated carbocycles. The number of alkyl halides is 2. The summed E-state index contributed by atoms with van der Waals surface area (Å²) in [5.74, 6) is -1.65. The van der Waals surface area contributed by atoms with Crippen molar-refractivity contribution in [3.63, 3.8) is 0 Å². The minimum Gasteiger partial charge on any atom is -0.496 e. The number of carboxylic acid groups (broad SMARTS) is 1. The molecule has 1 atom stereocenters. The summed E-state index contributed by atoms with van der Waals surface area (Å²) < 4.78 is 29.6. The molecular formula is C14H17F2NO4. The van der Waals surface area contributed by atoms with Crippen LogP contribution in [-0.2, 0) is 16.0 Å². The Labute approximate surface area is 120 Å². The molecule has 0 radical (unpaired) electrons. The van der Waals surface area contributed by atoms with Crippen LogP contribution in [0.2, 0.25) is 0 Å². The van der Waals surface area contributed by atoms with Gasteiger partial charge in [-0.1, -0.05) is 17.7 Å². The first-order valence-electron chi connectivity index (χ1n) is 6.27. The lowest BCUT2D eigenvalue weighted by atomic mass is 10.1. The predicted molar refractivity (Wildman–Crippen MR) is 71.6 cm³/mol. The van der Waals surface area contributed by atoms with E-state index < -0.39 is 30.8 Å². The number of methoxy groups -OCH3 is 1. The standard InChI is InChI=1S/C14H17F2NO4/c1-8-3-4-11(21-2)9(5-8)6-13(18)17-10(14(19)20)7-12(15)16/h3-5,10,12H,6-7H2,1-2H3,(H,17,18)(H,19,20). The number of hydrogen-bond donors (Lipinski definition) is 2. The van der Waals surface area contributed by atoms with Crippen molar-refractivity contribution in [2.45, 2.75) is 32.2 Å². The van der Waals surface area contributed by atoms with Crippen LogP contribution < -0.4 is 10.1 Å². The topological polar surface area (TPSA) is 75.6 Å². The summed E-state index contributed by atoms with van der Waals surface area (Å²) in [5.41, 5.74) is 1.47. The predicted octanol–water partition coefficient (Wildman–Crippen LogP) is 1.77. The molecule has 0 bridgehead atoms. The second-order valence-corrected chi connectivity index (χ2v) is 4.58. The number of benzene rings is 1. The van der Waals surface area contributed by atoms with E-state index in [1.165, 1.54) is 7.11 Å². The zero-order chi connectivity index (χ0) is 16.0. The zero-order valence-corrected chi connectivity index (χ0v) is 11.7. The molecule has 0 heterocycles. The highest BCUT2D eigenvalue weighted by atomic mass is 19.3. The second kappa shape index (κ2) is 7.56. The van der Waals surface area contributed by atoms with Gasteiger partial charge in [-0.2, -0.15) is 0 Å². The van der Waals surface area contributed by atoms with Crippen molar-refractivity contribution in [2.75, 3.05) is 7.11 Å². The third-order valence-electron chi connectivity index (χ3n) is 2.83. The quantitative estimate of drug-likeness (QED) is 0.805. The van der Waals surface area contributed by atoms with E-state index in [1.807, 2.05) is 6.92 Å². The fraction of sp³-hybridized carbons (Fsp3) is 0.429. The maximum absolute atomic E-state index is 12.3. The molecule has 1 amide bonds. The first-order chi connectivity index (χ1) is 9.83. The fourth-order valence-electron chi connectivity index (χ4n) is 1.86. The van der Waals surface area contributed by atoms with Crippen molar-refractivity contribution in [2.24, 2.45) is 0 Å². The van der Waals surface area contributed by atoms with Gasteiger partial charge in [0.15, 0.2) is 0 Å². The van der Waals surface area contributed by atoms with Crippen LogP contribution in [0.5, 0.6) is 5.75 Å². The maximum atomic E-state index is 12.3. The fourth-order valence-corrected chi connectivity index (χ4v) is 1.86. The highest BCUT2D eigenvalue weighted by Crippen LogP contribution is 2.20. The van der Waals surface area contributed by atoms with Gasteiger partial charge in [-0.25, -0.2) is 13.6 Å². The van der Waals surface area contributed by atoms with Crippen LogP contribution in [-0.4, -0.2) is 36.6 Å². The van der Waals surface area contributed by atoms with E-state index in [9.17, 15) is 18.4 Å². The Morgan fingerprint density at radius 2 is 2.05 bits per heavy atom. The van der Waals surface area contributed by atoms with Crippen LogP contribution in [0.4, 0.5) is 8.78 Å². The number of carbonyl (C=O) groups excluding carboxylic acids is 1. The minimum atomic E-state index is -2.81. The first kappa shape index (κ1) is 16.9. The molecule has 0 fully saturated rings. The summed E-state index contributed by atoms with van der Waals surface area (Å²) >= 11 is 0. The van der Waals surface area contributed by atoms with Crippen LogP contribution in [0.15, 0.2) is 18.2 Å². The molecule has 0 aromatic heterocycles. The molecule has 5 nitrogen and oxygen atoms in total. The van der Waals surface area contributed by atoms with Crippen LogP contribution in [0.25, 0.3) is 0 Å². The summed E-state index contributed by atoms with van der Waals surface area (Å²) in [6, 6.07) is 3.61. The van der Waals surface area contributed by atoms with Crippen molar-refractivity contribution >= 4 is 11.9 Å². The molecule has 1 rings (SSSR count). The SMILES string of the molecule is COc1ccc(C)cc1CC(=O)NC(CC(F)F)C(=O)O. The summed E-state index contributed by atoms with van der Waals surface area (Å²) in [6.45, 7) is 1.83. The van der Waals surface area contributed by atoms with Crippen LogP contribution in [0.1, 0.15) is 17.5 Å². The Morgan fingerprint density at radius 1 is 1.38 bits per heavy atom. The third kappa shape index (κ3) is 5.37. The normalized spacial score (nSPS) is 12.0. The minimum absolute atomic E-state index is 0.141. The van der Waals surface area contributed by atoms with Gasteiger partial charge in [-0.3, -0.25) is 4.79 Å². The van der Waals surface area contributed by atoms with Gasteiger partial charge in [-0.15, -0.1) is 0 Å². The molecular weight excluding hydrogens is 284 g/mol. The zero-order valence-electron chi connectivity index (χ0n) is 11.7. The molecule has 116 valence electrons. The average Bonchev–Trinajstić information content (AvgIpc) is 2.37. The highest BCUT2D eigenvalue weighted by Gasteiger charge is 2.24. The molecule has 2 N–H and O–H groups in total. The molecule has 0 aliphatic rings. The number of carbonyl (C=O) groups is 2. The lowest BCUT2D eigenvalue weighted by Crippen LogP contribution is -2.42. The Kier molecular flexibility index (Phi) is 6.08. The molecule has 0 spiro atoms. The Hall–Kier alpha value is -2.18. The van der Waals surface area contributed by atoms with E-state index >= 15 is 0 Å². The summed E-state index contributed by atoms with van der Waals surface area (Å²) in [6.07, 6.45) is -3.87. The number of nitrogens with one attached hydrogen (secondary N) is 1. The van der Waals surface area contributed by atoms with E-state index in [-0.39, 0.29) is 6.42 Å². The van der Waals surface area contributed by atoms with Crippen molar-refractivity contribution in [1.82, 2.24) is 5.32 Å². The first-order valence-corrected chi connectivity index (χ1v) is 6.27. The molecule has 7 heteroatoms. The number of hydrogen-bond acceptors (Lipinski definition) is 3. The lowest BCUT2D eigenvalue weighted by molar-refractivity contribution is -0.142. The van der Waals surface area contributed by atoms with Gasteiger partial charge in [-0.05, 0) is 13.0 Å². The van der Waals surface area contributed by atoms with Gasteiger partial charge in [0.05, 0.1) is 13.5 Å². The van der Waals surface area contributed by atoms with Crippen LogP contribution in [0.3, 0.4) is 0 Å². The molecule has 1 unspecified atom stereocenters. The van der Waals surface area contributed by atoms with Gasteiger partial charge in [0, 0.05) is 12.0 Å². The Balaban J connectivity index is 2.76. The number of amides is 1. The number of ether oxygens (including phenoxy) is 1. The van der Waals surface area contributed by atoms with Gasteiger partial charge in [0.25, 0.3) is 0 Å². The third-order valence-corrected chi connectivity index (χ3v) is 2.83. The molecule has 1 aromatic carbocycles. The number of rotatable bonds is 7. The summed E-state index contributed by atoms with van der Waals surface area (Å²) in [5, 5.41) is 10.9. The number of halogens is 2. The molecule has 1 aromatic rings. The number of aryl methyl sites for hydroxylation is 1. The van der Waals surface area contributed by atoms with E-state index in [2.05, 4.69) is 5.32 Å².